The molecule has 0 fully saturated rings. The van der Waals surface area contributed by atoms with Gasteiger partial charge < -0.3 is 9.72 Å². The molecule has 4 aromatic rings. The van der Waals surface area contributed by atoms with Gasteiger partial charge in [0.15, 0.2) is 11.9 Å². The fourth-order valence-corrected chi connectivity index (χ4v) is 3.45. The summed E-state index contributed by atoms with van der Waals surface area (Å²) in [6, 6.07) is 13.0. The van der Waals surface area contributed by atoms with Crippen LogP contribution in [0.4, 0.5) is 4.39 Å². The van der Waals surface area contributed by atoms with Crippen LogP contribution in [-0.2, 0) is 9.53 Å². The van der Waals surface area contributed by atoms with Crippen LogP contribution in [0.15, 0.2) is 59.4 Å². The molecule has 2 aromatic heterocycles. The Morgan fingerprint density at radius 2 is 1.88 bits per heavy atom. The van der Waals surface area contributed by atoms with Crippen molar-refractivity contribution in [2.24, 2.45) is 0 Å². The van der Waals surface area contributed by atoms with Gasteiger partial charge in [0.05, 0.1) is 22.3 Å². The number of fused-ring (bicyclic) bond motifs is 1. The lowest BCUT2D eigenvalue weighted by atomic mass is 10.2. The summed E-state index contributed by atoms with van der Waals surface area (Å²) in [4.78, 5) is 31.7. The molecule has 8 heteroatoms. The van der Waals surface area contributed by atoms with Crippen LogP contribution in [0.1, 0.15) is 35.8 Å². The van der Waals surface area contributed by atoms with Crippen molar-refractivity contribution in [3.8, 4) is 5.69 Å². The van der Waals surface area contributed by atoms with Gasteiger partial charge in [0.1, 0.15) is 5.82 Å². The molecular formula is C24H21FN4O3. The molecule has 0 radical (unpaired) electrons. The van der Waals surface area contributed by atoms with E-state index in [4.69, 9.17) is 4.74 Å². The Hall–Kier alpha value is -4.07. The maximum absolute atomic E-state index is 13.2. The van der Waals surface area contributed by atoms with E-state index in [9.17, 15) is 14.0 Å². The van der Waals surface area contributed by atoms with Gasteiger partial charge in [-0.3, -0.25) is 4.79 Å². The second-order valence-corrected chi connectivity index (χ2v) is 7.35. The molecule has 0 spiro atoms. The second kappa shape index (κ2) is 8.58. The fourth-order valence-electron chi connectivity index (χ4n) is 3.45. The molecule has 0 saturated carbocycles. The molecule has 7 nitrogen and oxygen atoms in total. The number of benzene rings is 2. The first kappa shape index (κ1) is 21.2. The Balaban J connectivity index is 1.51. The maximum atomic E-state index is 13.2. The third-order valence-electron chi connectivity index (χ3n) is 5.11. The van der Waals surface area contributed by atoms with Crippen molar-refractivity contribution in [2.75, 3.05) is 0 Å². The number of para-hydroxylation sites is 1. The summed E-state index contributed by atoms with van der Waals surface area (Å²) in [6.45, 7) is 5.33. The van der Waals surface area contributed by atoms with Crippen LogP contribution in [0.2, 0.25) is 0 Å². The third kappa shape index (κ3) is 4.20. The van der Waals surface area contributed by atoms with Gasteiger partial charge in [-0.15, -0.1) is 0 Å². The highest BCUT2D eigenvalue weighted by molar-refractivity contribution is 5.87. The van der Waals surface area contributed by atoms with E-state index < -0.39 is 12.1 Å². The number of nitrogens with zero attached hydrogens (tertiary/aromatic N) is 3. The van der Waals surface area contributed by atoms with Gasteiger partial charge in [-0.25, -0.2) is 18.9 Å². The number of esters is 1. The number of nitrogens with one attached hydrogen (secondary N) is 1. The largest absolute Gasteiger partial charge is 0.451 e. The quantitative estimate of drug-likeness (QED) is 0.377. The summed E-state index contributed by atoms with van der Waals surface area (Å²) in [5, 5.41) is 4.95. The van der Waals surface area contributed by atoms with Crippen molar-refractivity contribution in [2.45, 2.75) is 26.9 Å². The predicted molar refractivity (Wildman–Crippen MR) is 119 cm³/mol. The fraction of sp³-hybridized carbons (Fsp3) is 0.167. The zero-order valence-electron chi connectivity index (χ0n) is 17.8. The van der Waals surface area contributed by atoms with Gasteiger partial charge in [0, 0.05) is 17.3 Å². The first-order valence-electron chi connectivity index (χ1n) is 10.0. The Kier molecular flexibility index (Phi) is 5.68. The molecule has 32 heavy (non-hydrogen) atoms. The number of aromatic amines is 1. The zero-order chi connectivity index (χ0) is 22.8. The number of aromatic nitrogens is 4. The summed E-state index contributed by atoms with van der Waals surface area (Å²) < 4.78 is 20.3. The van der Waals surface area contributed by atoms with Crippen LogP contribution in [0.3, 0.4) is 0 Å². The van der Waals surface area contributed by atoms with E-state index in [1.807, 2.05) is 13.8 Å². The van der Waals surface area contributed by atoms with E-state index in [-0.39, 0.29) is 17.2 Å². The van der Waals surface area contributed by atoms with Gasteiger partial charge in [0.25, 0.3) is 5.56 Å². The Morgan fingerprint density at radius 3 is 2.62 bits per heavy atom. The monoisotopic (exact) mass is 432 g/mol. The van der Waals surface area contributed by atoms with Gasteiger partial charge in [-0.2, -0.15) is 5.10 Å². The van der Waals surface area contributed by atoms with Crippen molar-refractivity contribution in [3.05, 3.63) is 93.6 Å². The lowest BCUT2D eigenvalue weighted by Gasteiger charge is -2.11. The molecular weight excluding hydrogens is 411 g/mol. The molecule has 0 bridgehead atoms. The van der Waals surface area contributed by atoms with Crippen molar-refractivity contribution < 1.29 is 13.9 Å². The molecule has 1 atom stereocenters. The Morgan fingerprint density at radius 1 is 1.16 bits per heavy atom. The second-order valence-electron chi connectivity index (χ2n) is 7.35. The van der Waals surface area contributed by atoms with Gasteiger partial charge in [-0.1, -0.05) is 12.1 Å². The maximum Gasteiger partial charge on any atom is 0.331 e. The SMILES string of the molecule is Cc1nn(-c2ccc(F)cc2)c(C)c1/C=C/C(=O)OC(C)c1nc2ccccc2c(=O)[nH]1. The van der Waals surface area contributed by atoms with Crippen LogP contribution in [0, 0.1) is 19.7 Å². The van der Waals surface area contributed by atoms with Gasteiger partial charge in [0.2, 0.25) is 0 Å². The molecule has 1 unspecified atom stereocenters. The summed E-state index contributed by atoms with van der Waals surface area (Å²) in [6.07, 6.45) is 2.19. The molecule has 0 aliphatic rings. The molecule has 2 aromatic carbocycles. The van der Waals surface area contributed by atoms with Crippen molar-refractivity contribution >= 4 is 22.9 Å². The van der Waals surface area contributed by atoms with Gasteiger partial charge >= 0.3 is 5.97 Å². The Labute approximate surface area is 183 Å². The van der Waals surface area contributed by atoms with Crippen LogP contribution in [0.5, 0.6) is 0 Å². The van der Waals surface area contributed by atoms with Gasteiger partial charge in [-0.05, 0) is 63.2 Å². The summed E-state index contributed by atoms with van der Waals surface area (Å²) >= 11 is 0. The molecule has 0 aliphatic carbocycles. The number of carbonyl (C=O) groups excluding carboxylic acids is 1. The highest BCUT2D eigenvalue weighted by Crippen LogP contribution is 2.20. The highest BCUT2D eigenvalue weighted by atomic mass is 19.1. The number of ether oxygens (including phenoxy) is 1. The molecule has 2 heterocycles. The average Bonchev–Trinajstić information content (AvgIpc) is 3.06. The van der Waals surface area contributed by atoms with Crippen LogP contribution >= 0.6 is 0 Å². The van der Waals surface area contributed by atoms with E-state index in [0.29, 0.717) is 22.3 Å². The third-order valence-corrected chi connectivity index (χ3v) is 5.11. The number of hydrogen-bond acceptors (Lipinski definition) is 5. The molecule has 0 amide bonds. The number of halogens is 1. The minimum Gasteiger partial charge on any atom is -0.451 e. The number of hydrogen-bond donors (Lipinski definition) is 1. The number of carbonyl (C=O) groups is 1. The van der Waals surface area contributed by atoms with Crippen molar-refractivity contribution in [1.82, 2.24) is 19.7 Å². The van der Waals surface area contributed by atoms with Crippen molar-refractivity contribution in [3.63, 3.8) is 0 Å². The van der Waals surface area contributed by atoms with E-state index in [2.05, 4.69) is 15.1 Å². The minimum absolute atomic E-state index is 0.270. The van der Waals surface area contributed by atoms with E-state index in [1.54, 1.807) is 54.1 Å². The lowest BCUT2D eigenvalue weighted by Crippen LogP contribution is -2.16. The zero-order valence-corrected chi connectivity index (χ0v) is 17.8. The smallest absolute Gasteiger partial charge is 0.331 e. The summed E-state index contributed by atoms with van der Waals surface area (Å²) in [5.74, 6) is -0.636. The lowest BCUT2D eigenvalue weighted by molar-refractivity contribution is -0.142. The molecule has 4 rings (SSSR count). The van der Waals surface area contributed by atoms with Crippen molar-refractivity contribution in [1.29, 1.82) is 0 Å². The van der Waals surface area contributed by atoms with E-state index in [0.717, 1.165) is 11.3 Å². The topological polar surface area (TPSA) is 89.9 Å². The summed E-state index contributed by atoms with van der Waals surface area (Å²) in [7, 11) is 0. The van der Waals surface area contributed by atoms with Crippen LogP contribution in [-0.4, -0.2) is 25.7 Å². The molecule has 0 saturated heterocycles. The van der Waals surface area contributed by atoms with Crippen LogP contribution in [0.25, 0.3) is 22.7 Å². The number of rotatable bonds is 5. The Bertz CT molecular complexity index is 1390. The molecule has 1 N–H and O–H groups in total. The molecule has 0 aliphatic heterocycles. The first-order valence-corrected chi connectivity index (χ1v) is 10.0. The van der Waals surface area contributed by atoms with Crippen LogP contribution < -0.4 is 5.56 Å². The van der Waals surface area contributed by atoms with E-state index in [1.165, 1.54) is 18.2 Å². The highest BCUT2D eigenvalue weighted by Gasteiger charge is 2.15. The summed E-state index contributed by atoms with van der Waals surface area (Å²) in [5.41, 5.74) is 3.23. The standard InChI is InChI=1S/C24H21FN4O3/c1-14-19(15(2)29(28-14)18-10-8-17(25)9-11-18)12-13-22(30)32-16(3)23-26-21-7-5-4-6-20(21)24(31)27-23/h4-13,16H,1-3H3,(H,26,27,31)/b13-12+. The number of aryl methyl sites for hydroxylation is 1. The van der Waals surface area contributed by atoms with E-state index >= 15 is 0 Å². The normalized spacial score (nSPS) is 12.4. The number of H-pyrrole nitrogens is 1. The molecule has 162 valence electrons. The average molecular weight is 432 g/mol. The minimum atomic E-state index is -0.742. The predicted octanol–water partition coefficient (Wildman–Crippen LogP) is 4.18. The first-order chi connectivity index (χ1) is 15.3.